The fraction of sp³-hybridized carbons (Fsp3) is 0.767. The molecule has 4 atom stereocenters. The smallest absolute Gasteiger partial charge is 0.237 e. The number of carbonyl (C=O) groups is 1. The molecular weight excluding hydrogens is 576 g/mol. The number of amides is 1. The summed E-state index contributed by atoms with van der Waals surface area (Å²) < 4.78 is 53.4. The Balaban J connectivity index is 1.49. The highest BCUT2D eigenvalue weighted by atomic mass is 32.2. The largest absolute Gasteiger partial charge is 0.389 e. The van der Waals surface area contributed by atoms with Crippen molar-refractivity contribution in [2.75, 3.05) is 55.4 Å². The first-order chi connectivity index (χ1) is 19.3. The van der Waals surface area contributed by atoms with E-state index in [1.165, 1.54) is 5.56 Å². The molecule has 3 fully saturated rings. The summed E-state index contributed by atoms with van der Waals surface area (Å²) >= 11 is 0. The van der Waals surface area contributed by atoms with Crippen molar-refractivity contribution >= 4 is 31.5 Å². The summed E-state index contributed by atoms with van der Waals surface area (Å²) in [6.45, 7) is 11.8. The zero-order chi connectivity index (χ0) is 31.1. The summed E-state index contributed by atoms with van der Waals surface area (Å²) in [6.07, 6.45) is 3.53. The molecule has 3 aliphatic rings. The van der Waals surface area contributed by atoms with Gasteiger partial charge in [0.2, 0.25) is 15.9 Å². The number of sulfonamides is 1. The molecule has 238 valence electrons. The third-order valence-corrected chi connectivity index (χ3v) is 13.2. The monoisotopic (exact) mass is 626 g/mol. The van der Waals surface area contributed by atoms with E-state index in [9.17, 15) is 26.7 Å². The first-order valence-electron chi connectivity index (χ1n) is 15.1. The van der Waals surface area contributed by atoms with Crippen molar-refractivity contribution in [2.24, 2.45) is 16.7 Å². The van der Waals surface area contributed by atoms with Gasteiger partial charge in [0, 0.05) is 56.1 Å². The maximum atomic E-state index is 14.0. The summed E-state index contributed by atoms with van der Waals surface area (Å²) in [5, 5.41) is 16.4. The first kappa shape index (κ1) is 33.2. The molecule has 1 heterocycles. The maximum Gasteiger partial charge on any atom is 0.237 e. The van der Waals surface area contributed by atoms with Crippen LogP contribution in [0.2, 0.25) is 0 Å². The molecule has 2 saturated carbocycles. The second-order valence-electron chi connectivity index (χ2n) is 14.0. The molecule has 10 nitrogen and oxygen atoms in total. The second kappa shape index (κ2) is 12.0. The molecule has 3 N–H and O–H groups in total. The molecule has 1 aromatic rings. The van der Waals surface area contributed by atoms with Crippen LogP contribution in [0.15, 0.2) is 24.3 Å². The quantitative estimate of drug-likeness (QED) is 0.320. The average Bonchev–Trinajstić information content (AvgIpc) is 3.22. The molecule has 1 saturated heterocycles. The van der Waals surface area contributed by atoms with Crippen LogP contribution in [0.1, 0.15) is 58.9 Å². The van der Waals surface area contributed by atoms with Crippen molar-refractivity contribution in [3.8, 4) is 0 Å². The minimum atomic E-state index is -3.62. The fourth-order valence-corrected chi connectivity index (χ4v) is 10.4. The van der Waals surface area contributed by atoms with Gasteiger partial charge in [-0.3, -0.25) is 4.79 Å². The number of aryl methyl sites for hydroxylation is 1. The molecule has 42 heavy (non-hydrogen) atoms. The van der Waals surface area contributed by atoms with Gasteiger partial charge in [-0.15, -0.1) is 0 Å². The van der Waals surface area contributed by atoms with E-state index < -0.39 is 36.9 Å². The van der Waals surface area contributed by atoms with E-state index in [4.69, 9.17) is 0 Å². The van der Waals surface area contributed by atoms with Gasteiger partial charge in [0.25, 0.3) is 0 Å². The highest BCUT2D eigenvalue weighted by Gasteiger charge is 2.66. The van der Waals surface area contributed by atoms with Crippen LogP contribution >= 0.6 is 0 Å². The lowest BCUT2D eigenvalue weighted by Gasteiger charge is -2.44. The molecule has 0 spiro atoms. The van der Waals surface area contributed by atoms with E-state index in [0.717, 1.165) is 18.4 Å². The molecule has 0 radical (unpaired) electrons. The van der Waals surface area contributed by atoms with E-state index in [-0.39, 0.29) is 47.8 Å². The summed E-state index contributed by atoms with van der Waals surface area (Å²) in [4.78, 5) is 15.9. The molecule has 1 aromatic carbocycles. The highest BCUT2D eigenvalue weighted by Crippen LogP contribution is 2.66. The molecule has 3 unspecified atom stereocenters. The van der Waals surface area contributed by atoms with E-state index in [1.807, 2.05) is 12.1 Å². The van der Waals surface area contributed by atoms with Gasteiger partial charge in [-0.2, -0.15) is 4.31 Å². The molecule has 0 aromatic heterocycles. The predicted molar refractivity (Wildman–Crippen MR) is 167 cm³/mol. The third-order valence-electron chi connectivity index (χ3n) is 10.1. The fourth-order valence-electron chi connectivity index (χ4n) is 7.47. The van der Waals surface area contributed by atoms with Gasteiger partial charge in [-0.25, -0.2) is 16.8 Å². The summed E-state index contributed by atoms with van der Waals surface area (Å²) in [7, 11) is -6.92. The van der Waals surface area contributed by atoms with E-state index in [0.29, 0.717) is 39.0 Å². The van der Waals surface area contributed by atoms with Crippen molar-refractivity contribution in [1.82, 2.24) is 14.9 Å². The lowest BCUT2D eigenvalue weighted by Crippen LogP contribution is -2.58. The van der Waals surface area contributed by atoms with Crippen molar-refractivity contribution in [2.45, 2.75) is 78.0 Å². The number of fused-ring (bicyclic) bond motifs is 2. The zero-order valence-electron chi connectivity index (χ0n) is 26.0. The Morgan fingerprint density at radius 3 is 2.33 bits per heavy atom. The summed E-state index contributed by atoms with van der Waals surface area (Å²) in [5.41, 5.74) is 0.301. The number of sulfone groups is 1. The van der Waals surface area contributed by atoms with Crippen molar-refractivity contribution < 1.29 is 26.7 Å². The number of nitrogens with one attached hydrogen (secondary N) is 2. The molecule has 12 heteroatoms. The van der Waals surface area contributed by atoms with Gasteiger partial charge >= 0.3 is 0 Å². The number of aliphatic hydroxyl groups is 1. The minimum Gasteiger partial charge on any atom is -0.389 e. The van der Waals surface area contributed by atoms with Gasteiger partial charge in [0.15, 0.2) is 0 Å². The molecule has 1 aliphatic heterocycles. The van der Waals surface area contributed by atoms with Crippen LogP contribution in [0.4, 0.5) is 5.69 Å². The number of nitrogens with zero attached hydrogens (tertiary/aromatic N) is 2. The lowest BCUT2D eigenvalue weighted by atomic mass is 9.69. The zero-order valence-corrected chi connectivity index (χ0v) is 27.7. The highest BCUT2D eigenvalue weighted by molar-refractivity contribution is 7.90. The van der Waals surface area contributed by atoms with Crippen LogP contribution in [0, 0.1) is 23.7 Å². The number of hydrogen-bond acceptors (Lipinski definition) is 8. The number of benzene rings is 1. The average molecular weight is 627 g/mol. The molecule has 2 aliphatic carbocycles. The lowest BCUT2D eigenvalue weighted by molar-refractivity contribution is -0.125. The predicted octanol–water partition coefficient (Wildman–Crippen LogP) is 1.92. The van der Waals surface area contributed by atoms with Crippen molar-refractivity contribution in [1.29, 1.82) is 0 Å². The van der Waals surface area contributed by atoms with E-state index >= 15 is 0 Å². The van der Waals surface area contributed by atoms with Crippen LogP contribution in [-0.4, -0.2) is 100 Å². The second-order valence-corrected chi connectivity index (χ2v) is 18.2. The summed E-state index contributed by atoms with van der Waals surface area (Å²) in [6, 6.07) is 6.98. The van der Waals surface area contributed by atoms with Crippen molar-refractivity contribution in [3.05, 3.63) is 29.8 Å². The Bertz CT molecular complexity index is 1350. The number of piperazine rings is 1. The molecule has 2 bridgehead atoms. The van der Waals surface area contributed by atoms with Crippen molar-refractivity contribution in [3.63, 3.8) is 0 Å². The Labute approximate surface area is 252 Å². The van der Waals surface area contributed by atoms with Gasteiger partial charge < -0.3 is 20.6 Å². The standard InChI is InChI=1S/C30H50N4O6S2/c1-22-9-7-8-10-25(22)33-14-16-34(17-15-33)42(39,40)21-30-13-11-23(29(30,4)5)19-26(30)32-27(35)24(12-18-41(6,37)38)31-20-28(2,3)36/h7-10,23-24,26,31,36H,11-21H2,1-6H3,(H,32,35)/t23?,24-,26?,30?/m0/s1. The number of rotatable bonds is 12. The Morgan fingerprint density at radius 1 is 1.12 bits per heavy atom. The van der Waals surface area contributed by atoms with Crippen LogP contribution in [0.25, 0.3) is 0 Å². The van der Waals surface area contributed by atoms with E-state index in [2.05, 4.69) is 48.4 Å². The number of para-hydroxylation sites is 1. The number of carbonyl (C=O) groups excluding carboxylic acids is 1. The molecule has 1 amide bonds. The van der Waals surface area contributed by atoms with Crippen LogP contribution < -0.4 is 15.5 Å². The van der Waals surface area contributed by atoms with Gasteiger partial charge in [-0.1, -0.05) is 32.0 Å². The third kappa shape index (κ3) is 7.14. The van der Waals surface area contributed by atoms with Crippen LogP contribution in [-0.2, 0) is 24.7 Å². The first-order valence-corrected chi connectivity index (χ1v) is 18.7. The minimum absolute atomic E-state index is 0.0239. The Morgan fingerprint density at radius 2 is 1.76 bits per heavy atom. The Hall–Kier alpha value is -1.73. The van der Waals surface area contributed by atoms with Gasteiger partial charge in [-0.05, 0) is 69.4 Å². The number of anilines is 1. The molecular formula is C30H50N4O6S2. The topological polar surface area (TPSA) is 136 Å². The summed E-state index contributed by atoms with van der Waals surface area (Å²) in [5.74, 6) is -0.254. The van der Waals surface area contributed by atoms with Gasteiger partial charge in [0.1, 0.15) is 9.84 Å². The SMILES string of the molecule is Cc1ccccc1N1CCN(S(=O)(=O)CC23CCC(CC2NC(=O)[C@H](CCS(C)(=O)=O)NCC(C)(C)O)C3(C)C)CC1. The van der Waals surface area contributed by atoms with Crippen LogP contribution in [0.3, 0.4) is 0 Å². The molecule has 4 rings (SSSR count). The number of hydrogen-bond donors (Lipinski definition) is 3. The van der Waals surface area contributed by atoms with Gasteiger partial charge in [0.05, 0.1) is 23.1 Å². The van der Waals surface area contributed by atoms with E-state index in [1.54, 1.807) is 18.2 Å². The normalized spacial score (nSPS) is 27.3. The Kier molecular flexibility index (Phi) is 9.47. The van der Waals surface area contributed by atoms with Crippen LogP contribution in [0.5, 0.6) is 0 Å². The maximum absolute atomic E-state index is 14.0.